The standard InChI is InChI=1S/C20H32N4O3.HI/c1-4-21-20(23-13-7-12-22-19(25)15-8-6-9-15)24-16-10-11-17(27-5-2)18(14-16)26-3;/h10-11,14-15H,4-9,12-13H2,1-3H3,(H,22,25)(H2,21,23,24);1H. The Morgan fingerprint density at radius 2 is 2.00 bits per heavy atom. The number of aliphatic imine (C=N–C) groups is 1. The second kappa shape index (κ2) is 13.5. The van der Waals surface area contributed by atoms with E-state index in [2.05, 4.69) is 20.9 Å². The summed E-state index contributed by atoms with van der Waals surface area (Å²) < 4.78 is 10.9. The van der Waals surface area contributed by atoms with Gasteiger partial charge in [-0.25, -0.2) is 0 Å². The molecule has 1 aromatic rings. The van der Waals surface area contributed by atoms with Gasteiger partial charge in [0.2, 0.25) is 5.91 Å². The van der Waals surface area contributed by atoms with E-state index >= 15 is 0 Å². The molecule has 0 bridgehead atoms. The average molecular weight is 504 g/mol. The van der Waals surface area contributed by atoms with Crippen LogP contribution in [0, 0.1) is 5.92 Å². The van der Waals surface area contributed by atoms with Gasteiger partial charge >= 0.3 is 0 Å². The van der Waals surface area contributed by atoms with Crippen molar-refractivity contribution < 1.29 is 14.3 Å². The fourth-order valence-corrected chi connectivity index (χ4v) is 2.76. The van der Waals surface area contributed by atoms with Crippen LogP contribution in [0.25, 0.3) is 0 Å². The van der Waals surface area contributed by atoms with Crippen molar-refractivity contribution >= 4 is 41.5 Å². The minimum Gasteiger partial charge on any atom is -0.493 e. The third kappa shape index (κ3) is 7.73. The Kier molecular flexibility index (Phi) is 11.7. The molecule has 0 saturated heterocycles. The Morgan fingerprint density at radius 3 is 2.61 bits per heavy atom. The van der Waals surface area contributed by atoms with Crippen LogP contribution in [-0.4, -0.2) is 45.2 Å². The third-order valence-electron chi connectivity index (χ3n) is 4.45. The number of halogens is 1. The summed E-state index contributed by atoms with van der Waals surface area (Å²) in [5.74, 6) is 2.53. The highest BCUT2D eigenvalue weighted by molar-refractivity contribution is 14.0. The molecule has 3 N–H and O–H groups in total. The molecule has 0 aromatic heterocycles. The molecule has 1 saturated carbocycles. The van der Waals surface area contributed by atoms with Crippen LogP contribution in [0.3, 0.4) is 0 Å². The molecule has 28 heavy (non-hydrogen) atoms. The molecule has 0 unspecified atom stereocenters. The molecule has 0 spiro atoms. The molecule has 1 fully saturated rings. The minimum atomic E-state index is 0. The molecule has 1 aliphatic rings. The summed E-state index contributed by atoms with van der Waals surface area (Å²) in [7, 11) is 1.62. The van der Waals surface area contributed by atoms with Gasteiger partial charge in [-0.3, -0.25) is 9.79 Å². The summed E-state index contributed by atoms with van der Waals surface area (Å²) >= 11 is 0. The smallest absolute Gasteiger partial charge is 0.223 e. The monoisotopic (exact) mass is 504 g/mol. The van der Waals surface area contributed by atoms with E-state index in [0.29, 0.717) is 31.4 Å². The van der Waals surface area contributed by atoms with Crippen molar-refractivity contribution in [2.45, 2.75) is 39.5 Å². The van der Waals surface area contributed by atoms with Crippen LogP contribution in [0.2, 0.25) is 0 Å². The van der Waals surface area contributed by atoms with Gasteiger partial charge in [-0.1, -0.05) is 6.42 Å². The van der Waals surface area contributed by atoms with Crippen molar-refractivity contribution in [3.8, 4) is 11.5 Å². The highest BCUT2D eigenvalue weighted by Crippen LogP contribution is 2.30. The second-order valence-electron chi connectivity index (χ2n) is 6.46. The van der Waals surface area contributed by atoms with Crippen LogP contribution >= 0.6 is 24.0 Å². The fraction of sp³-hybridized carbons (Fsp3) is 0.600. The summed E-state index contributed by atoms with van der Waals surface area (Å²) in [5, 5.41) is 9.49. The number of ether oxygens (including phenoxy) is 2. The zero-order chi connectivity index (χ0) is 19.5. The van der Waals surface area contributed by atoms with Crippen molar-refractivity contribution in [1.29, 1.82) is 0 Å². The number of anilines is 1. The zero-order valence-electron chi connectivity index (χ0n) is 17.0. The van der Waals surface area contributed by atoms with E-state index < -0.39 is 0 Å². The Balaban J connectivity index is 0.00000392. The van der Waals surface area contributed by atoms with Crippen LogP contribution in [0.15, 0.2) is 23.2 Å². The zero-order valence-corrected chi connectivity index (χ0v) is 19.4. The SMILES string of the molecule is CCNC(=NCCCNC(=O)C1CCC1)Nc1ccc(OCC)c(OC)c1.I. The quantitative estimate of drug-likeness (QED) is 0.197. The van der Waals surface area contributed by atoms with Crippen LogP contribution in [0.4, 0.5) is 5.69 Å². The number of hydrogen-bond donors (Lipinski definition) is 3. The number of rotatable bonds is 10. The molecule has 158 valence electrons. The van der Waals surface area contributed by atoms with Gasteiger partial charge in [-0.15, -0.1) is 24.0 Å². The largest absolute Gasteiger partial charge is 0.493 e. The summed E-state index contributed by atoms with van der Waals surface area (Å²) in [5.41, 5.74) is 0.869. The van der Waals surface area contributed by atoms with E-state index in [9.17, 15) is 4.79 Å². The molecular formula is C20H33IN4O3. The Hall–Kier alpha value is -1.71. The summed E-state index contributed by atoms with van der Waals surface area (Å²) in [4.78, 5) is 16.4. The molecule has 0 atom stereocenters. The molecular weight excluding hydrogens is 471 g/mol. The van der Waals surface area contributed by atoms with E-state index in [0.717, 1.165) is 37.2 Å². The first kappa shape index (κ1) is 24.3. The number of guanidine groups is 1. The highest BCUT2D eigenvalue weighted by Gasteiger charge is 2.24. The molecule has 0 radical (unpaired) electrons. The number of hydrogen-bond acceptors (Lipinski definition) is 4. The lowest BCUT2D eigenvalue weighted by atomic mass is 9.85. The number of amides is 1. The third-order valence-corrected chi connectivity index (χ3v) is 4.45. The first-order valence-electron chi connectivity index (χ1n) is 9.81. The van der Waals surface area contributed by atoms with E-state index in [1.165, 1.54) is 6.42 Å². The van der Waals surface area contributed by atoms with Crippen molar-refractivity contribution in [1.82, 2.24) is 10.6 Å². The molecule has 0 aliphatic heterocycles. The molecule has 1 amide bonds. The molecule has 7 nitrogen and oxygen atoms in total. The second-order valence-corrected chi connectivity index (χ2v) is 6.46. The number of carbonyl (C=O) groups is 1. The molecule has 2 rings (SSSR count). The van der Waals surface area contributed by atoms with Crippen LogP contribution < -0.4 is 25.4 Å². The number of nitrogens with one attached hydrogen (secondary N) is 3. The summed E-state index contributed by atoms with van der Waals surface area (Å²) in [6.45, 7) is 6.61. The number of benzene rings is 1. The van der Waals surface area contributed by atoms with E-state index in [-0.39, 0.29) is 35.8 Å². The van der Waals surface area contributed by atoms with E-state index in [1.807, 2.05) is 32.0 Å². The van der Waals surface area contributed by atoms with Gasteiger partial charge in [0, 0.05) is 37.3 Å². The molecule has 1 aromatic carbocycles. The van der Waals surface area contributed by atoms with Crippen molar-refractivity contribution in [3.63, 3.8) is 0 Å². The summed E-state index contributed by atoms with van der Waals surface area (Å²) in [6, 6.07) is 5.69. The first-order valence-corrected chi connectivity index (χ1v) is 9.81. The predicted molar refractivity (Wildman–Crippen MR) is 124 cm³/mol. The van der Waals surface area contributed by atoms with Crippen LogP contribution in [0.1, 0.15) is 39.5 Å². The fourth-order valence-electron chi connectivity index (χ4n) is 2.76. The normalized spacial score (nSPS) is 13.8. The van der Waals surface area contributed by atoms with Gasteiger partial charge in [0.1, 0.15) is 0 Å². The first-order chi connectivity index (χ1) is 13.2. The Morgan fingerprint density at radius 1 is 1.21 bits per heavy atom. The van der Waals surface area contributed by atoms with Crippen molar-refractivity contribution in [2.75, 3.05) is 38.7 Å². The lowest BCUT2D eigenvalue weighted by molar-refractivity contribution is -0.127. The summed E-state index contributed by atoms with van der Waals surface area (Å²) in [6.07, 6.45) is 4.05. The van der Waals surface area contributed by atoms with Gasteiger partial charge in [-0.05, 0) is 45.2 Å². The maximum absolute atomic E-state index is 11.8. The van der Waals surface area contributed by atoms with Gasteiger partial charge in [-0.2, -0.15) is 0 Å². The molecule has 8 heteroatoms. The van der Waals surface area contributed by atoms with Crippen molar-refractivity contribution in [3.05, 3.63) is 18.2 Å². The number of carbonyl (C=O) groups excluding carboxylic acids is 1. The molecule has 0 heterocycles. The maximum atomic E-state index is 11.8. The average Bonchev–Trinajstić information content (AvgIpc) is 2.61. The minimum absolute atomic E-state index is 0. The van der Waals surface area contributed by atoms with E-state index in [4.69, 9.17) is 9.47 Å². The van der Waals surface area contributed by atoms with Gasteiger partial charge in [0.15, 0.2) is 17.5 Å². The maximum Gasteiger partial charge on any atom is 0.223 e. The van der Waals surface area contributed by atoms with E-state index in [1.54, 1.807) is 7.11 Å². The van der Waals surface area contributed by atoms with Gasteiger partial charge < -0.3 is 25.4 Å². The van der Waals surface area contributed by atoms with Crippen LogP contribution in [-0.2, 0) is 4.79 Å². The van der Waals surface area contributed by atoms with Gasteiger partial charge in [0.25, 0.3) is 0 Å². The Bertz CT molecular complexity index is 636. The number of methoxy groups -OCH3 is 1. The predicted octanol–water partition coefficient (Wildman–Crippen LogP) is 3.40. The molecule has 1 aliphatic carbocycles. The highest BCUT2D eigenvalue weighted by atomic mass is 127. The van der Waals surface area contributed by atoms with Gasteiger partial charge in [0.05, 0.1) is 13.7 Å². The lowest BCUT2D eigenvalue weighted by Crippen LogP contribution is -2.35. The topological polar surface area (TPSA) is 84.0 Å². The van der Waals surface area contributed by atoms with Crippen molar-refractivity contribution in [2.24, 2.45) is 10.9 Å². The number of nitrogens with zero attached hydrogens (tertiary/aromatic N) is 1. The Labute approximate surface area is 185 Å². The lowest BCUT2D eigenvalue weighted by Gasteiger charge is -2.23. The van der Waals surface area contributed by atoms with Crippen LogP contribution in [0.5, 0.6) is 11.5 Å².